The van der Waals surface area contributed by atoms with Gasteiger partial charge in [-0.15, -0.1) is 0 Å². The average molecular weight is 260 g/mol. The van der Waals surface area contributed by atoms with E-state index in [9.17, 15) is 10.1 Å². The molecule has 100 valence electrons. The molecule has 19 heavy (non-hydrogen) atoms. The van der Waals surface area contributed by atoms with Crippen molar-refractivity contribution >= 4 is 5.69 Å². The van der Waals surface area contributed by atoms with E-state index < -0.39 is 0 Å². The van der Waals surface area contributed by atoms with Gasteiger partial charge < -0.3 is 9.73 Å². The molecule has 0 spiro atoms. The quantitative estimate of drug-likeness (QED) is 0.640. The third-order valence-corrected chi connectivity index (χ3v) is 3.00. The molecule has 1 unspecified atom stereocenters. The van der Waals surface area contributed by atoms with E-state index in [0.717, 1.165) is 11.3 Å². The standard InChI is InChI=1S/C14H16N2O3/c1-11(14-7-4-10-19-14)15-9-8-12-5-2-3-6-13(12)16(17)18/h2-7,10-11,15H,8-9H2,1H3. The van der Waals surface area contributed by atoms with Crippen LogP contribution in [-0.2, 0) is 6.42 Å². The minimum Gasteiger partial charge on any atom is -0.468 e. The monoisotopic (exact) mass is 260 g/mol. The van der Waals surface area contributed by atoms with Crippen molar-refractivity contribution in [3.05, 3.63) is 64.1 Å². The molecule has 5 nitrogen and oxygen atoms in total. The molecule has 0 aliphatic carbocycles. The van der Waals surface area contributed by atoms with E-state index in [4.69, 9.17) is 4.42 Å². The van der Waals surface area contributed by atoms with Gasteiger partial charge in [0.05, 0.1) is 17.2 Å². The number of nitro groups is 1. The van der Waals surface area contributed by atoms with Crippen molar-refractivity contribution in [3.8, 4) is 0 Å². The summed E-state index contributed by atoms with van der Waals surface area (Å²) in [7, 11) is 0. The highest BCUT2D eigenvalue weighted by Gasteiger charge is 2.12. The van der Waals surface area contributed by atoms with E-state index in [1.165, 1.54) is 6.07 Å². The van der Waals surface area contributed by atoms with E-state index in [2.05, 4.69) is 5.32 Å². The highest BCUT2D eigenvalue weighted by molar-refractivity contribution is 5.39. The highest BCUT2D eigenvalue weighted by atomic mass is 16.6. The predicted molar refractivity (Wildman–Crippen MR) is 71.9 cm³/mol. The fraction of sp³-hybridized carbons (Fsp3) is 0.286. The van der Waals surface area contributed by atoms with E-state index in [1.54, 1.807) is 18.4 Å². The zero-order chi connectivity index (χ0) is 13.7. The minimum atomic E-state index is -0.342. The Morgan fingerprint density at radius 1 is 1.32 bits per heavy atom. The van der Waals surface area contributed by atoms with Crippen LogP contribution in [0.15, 0.2) is 47.1 Å². The van der Waals surface area contributed by atoms with E-state index in [-0.39, 0.29) is 16.7 Å². The van der Waals surface area contributed by atoms with Gasteiger partial charge in [0.15, 0.2) is 0 Å². The molecule has 2 rings (SSSR count). The SMILES string of the molecule is CC(NCCc1ccccc1[N+](=O)[O-])c1ccco1. The van der Waals surface area contributed by atoms with E-state index in [1.807, 2.05) is 25.1 Å². The van der Waals surface area contributed by atoms with Crippen LogP contribution >= 0.6 is 0 Å². The highest BCUT2D eigenvalue weighted by Crippen LogP contribution is 2.18. The maximum absolute atomic E-state index is 10.9. The first-order valence-corrected chi connectivity index (χ1v) is 6.17. The molecular weight excluding hydrogens is 244 g/mol. The lowest BCUT2D eigenvalue weighted by Gasteiger charge is -2.11. The van der Waals surface area contributed by atoms with Crippen molar-refractivity contribution in [1.82, 2.24) is 5.32 Å². The normalized spacial score (nSPS) is 12.3. The Morgan fingerprint density at radius 3 is 2.79 bits per heavy atom. The fourth-order valence-electron chi connectivity index (χ4n) is 1.96. The second-order valence-corrected chi connectivity index (χ2v) is 4.33. The number of para-hydroxylation sites is 1. The second-order valence-electron chi connectivity index (χ2n) is 4.33. The first-order valence-electron chi connectivity index (χ1n) is 6.17. The lowest BCUT2D eigenvalue weighted by atomic mass is 10.1. The molecule has 0 aliphatic rings. The van der Waals surface area contributed by atoms with Crippen molar-refractivity contribution in [1.29, 1.82) is 0 Å². The maximum atomic E-state index is 10.9. The lowest BCUT2D eigenvalue weighted by Crippen LogP contribution is -2.21. The topological polar surface area (TPSA) is 68.3 Å². The Bertz CT molecular complexity index is 537. The van der Waals surface area contributed by atoms with Crippen molar-refractivity contribution < 1.29 is 9.34 Å². The third-order valence-electron chi connectivity index (χ3n) is 3.00. The predicted octanol–water partition coefficient (Wildman–Crippen LogP) is 3.08. The summed E-state index contributed by atoms with van der Waals surface area (Å²) in [6, 6.07) is 10.7. The largest absolute Gasteiger partial charge is 0.468 e. The lowest BCUT2D eigenvalue weighted by molar-refractivity contribution is -0.385. The zero-order valence-electron chi connectivity index (χ0n) is 10.7. The Hall–Kier alpha value is -2.14. The summed E-state index contributed by atoms with van der Waals surface area (Å²) in [5.74, 6) is 0.863. The van der Waals surface area contributed by atoms with Crippen LogP contribution in [0, 0.1) is 10.1 Å². The van der Waals surface area contributed by atoms with Gasteiger partial charge in [-0.2, -0.15) is 0 Å². The Kier molecular flexibility index (Phi) is 4.30. The van der Waals surface area contributed by atoms with Gasteiger partial charge in [0.1, 0.15) is 5.76 Å². The first-order chi connectivity index (χ1) is 9.18. The van der Waals surface area contributed by atoms with Crippen LogP contribution in [0.1, 0.15) is 24.3 Å². The molecule has 0 radical (unpaired) electrons. The minimum absolute atomic E-state index is 0.0952. The van der Waals surface area contributed by atoms with Crippen molar-refractivity contribution in [2.24, 2.45) is 0 Å². The molecule has 0 saturated carbocycles. The first kappa shape index (κ1) is 13.3. The number of nitrogens with zero attached hydrogens (tertiary/aromatic N) is 1. The number of nitro benzene ring substituents is 1. The molecule has 0 aliphatic heterocycles. The Labute approximate surface area is 111 Å². The van der Waals surface area contributed by atoms with Gasteiger partial charge in [-0.05, 0) is 25.5 Å². The van der Waals surface area contributed by atoms with Crippen LogP contribution < -0.4 is 5.32 Å². The Balaban J connectivity index is 1.91. The molecule has 1 N–H and O–H groups in total. The van der Waals surface area contributed by atoms with Gasteiger partial charge in [0, 0.05) is 18.2 Å². The van der Waals surface area contributed by atoms with Crippen molar-refractivity contribution in [2.75, 3.05) is 6.54 Å². The number of nitrogens with one attached hydrogen (secondary N) is 1. The molecule has 5 heteroatoms. The van der Waals surface area contributed by atoms with Gasteiger partial charge in [-0.3, -0.25) is 10.1 Å². The third kappa shape index (κ3) is 3.42. The summed E-state index contributed by atoms with van der Waals surface area (Å²) in [6.45, 7) is 2.66. The van der Waals surface area contributed by atoms with Gasteiger partial charge in [0.25, 0.3) is 5.69 Å². The molecule has 1 aromatic heterocycles. The summed E-state index contributed by atoms with van der Waals surface area (Å²) in [6.07, 6.45) is 2.25. The number of furan rings is 1. The van der Waals surface area contributed by atoms with Crippen LogP contribution in [0.3, 0.4) is 0 Å². The zero-order valence-corrected chi connectivity index (χ0v) is 10.7. The summed E-state index contributed by atoms with van der Waals surface area (Å²) >= 11 is 0. The van der Waals surface area contributed by atoms with Crippen LogP contribution in [0.4, 0.5) is 5.69 Å². The average Bonchev–Trinajstić information content (AvgIpc) is 2.93. The van der Waals surface area contributed by atoms with Crippen LogP contribution in [0.2, 0.25) is 0 Å². The Morgan fingerprint density at radius 2 is 2.11 bits per heavy atom. The fourth-order valence-corrected chi connectivity index (χ4v) is 1.96. The molecule has 0 saturated heterocycles. The number of benzene rings is 1. The summed E-state index contributed by atoms with van der Waals surface area (Å²) in [5, 5.41) is 14.2. The second kappa shape index (κ2) is 6.15. The van der Waals surface area contributed by atoms with Crippen LogP contribution in [0.5, 0.6) is 0 Å². The molecule has 0 amide bonds. The molecular formula is C14H16N2O3. The summed E-state index contributed by atoms with van der Waals surface area (Å²) in [5.41, 5.74) is 0.918. The van der Waals surface area contributed by atoms with Crippen LogP contribution in [0.25, 0.3) is 0 Å². The van der Waals surface area contributed by atoms with Crippen molar-refractivity contribution in [3.63, 3.8) is 0 Å². The number of hydrogen-bond acceptors (Lipinski definition) is 4. The molecule has 1 atom stereocenters. The molecule has 2 aromatic rings. The molecule has 1 heterocycles. The van der Waals surface area contributed by atoms with Gasteiger partial charge >= 0.3 is 0 Å². The number of hydrogen-bond donors (Lipinski definition) is 1. The smallest absolute Gasteiger partial charge is 0.272 e. The summed E-state index contributed by atoms with van der Waals surface area (Å²) < 4.78 is 5.29. The summed E-state index contributed by atoms with van der Waals surface area (Å²) in [4.78, 5) is 10.5. The number of rotatable bonds is 6. The molecule has 0 bridgehead atoms. The van der Waals surface area contributed by atoms with Gasteiger partial charge in [-0.25, -0.2) is 0 Å². The van der Waals surface area contributed by atoms with E-state index >= 15 is 0 Å². The molecule has 1 aromatic carbocycles. The van der Waals surface area contributed by atoms with Gasteiger partial charge in [0.2, 0.25) is 0 Å². The maximum Gasteiger partial charge on any atom is 0.272 e. The van der Waals surface area contributed by atoms with Crippen molar-refractivity contribution in [2.45, 2.75) is 19.4 Å². The van der Waals surface area contributed by atoms with Crippen LogP contribution in [-0.4, -0.2) is 11.5 Å². The van der Waals surface area contributed by atoms with E-state index in [0.29, 0.717) is 13.0 Å². The van der Waals surface area contributed by atoms with Gasteiger partial charge in [-0.1, -0.05) is 18.2 Å². The molecule has 0 fully saturated rings.